The van der Waals surface area contributed by atoms with Crippen molar-refractivity contribution in [1.82, 2.24) is 10.1 Å². The SMILES string of the molecule is CC(C)(C)c1noc([C@H](N)CC2CCCCC2)n1. The van der Waals surface area contributed by atoms with Crippen LogP contribution in [0.25, 0.3) is 0 Å². The van der Waals surface area contributed by atoms with Crippen LogP contribution in [-0.2, 0) is 5.41 Å². The van der Waals surface area contributed by atoms with Crippen LogP contribution in [0.2, 0.25) is 0 Å². The summed E-state index contributed by atoms with van der Waals surface area (Å²) in [6.45, 7) is 6.23. The summed E-state index contributed by atoms with van der Waals surface area (Å²) >= 11 is 0. The predicted octanol–water partition coefficient (Wildman–Crippen LogP) is 3.34. The summed E-state index contributed by atoms with van der Waals surface area (Å²) in [5.41, 5.74) is 6.11. The lowest BCUT2D eigenvalue weighted by molar-refractivity contribution is 0.282. The van der Waals surface area contributed by atoms with E-state index in [1.165, 1.54) is 32.1 Å². The van der Waals surface area contributed by atoms with Gasteiger partial charge in [0.15, 0.2) is 5.82 Å². The largest absolute Gasteiger partial charge is 0.338 e. The van der Waals surface area contributed by atoms with E-state index in [1.54, 1.807) is 0 Å². The quantitative estimate of drug-likeness (QED) is 0.894. The molecule has 0 aromatic carbocycles. The van der Waals surface area contributed by atoms with Crippen LogP contribution in [0.5, 0.6) is 0 Å². The van der Waals surface area contributed by atoms with Crippen molar-refractivity contribution in [2.24, 2.45) is 11.7 Å². The molecule has 102 valence electrons. The van der Waals surface area contributed by atoms with Gasteiger partial charge in [-0.2, -0.15) is 4.98 Å². The molecular formula is C14H25N3O. The van der Waals surface area contributed by atoms with Crippen LogP contribution in [0.4, 0.5) is 0 Å². The van der Waals surface area contributed by atoms with Crippen molar-refractivity contribution in [1.29, 1.82) is 0 Å². The summed E-state index contributed by atoms with van der Waals surface area (Å²) < 4.78 is 5.31. The summed E-state index contributed by atoms with van der Waals surface area (Å²) in [4.78, 5) is 4.44. The lowest BCUT2D eigenvalue weighted by Gasteiger charge is -2.23. The summed E-state index contributed by atoms with van der Waals surface area (Å²) in [5, 5.41) is 4.04. The number of rotatable bonds is 3. The van der Waals surface area contributed by atoms with Gasteiger partial charge in [0.05, 0.1) is 6.04 Å². The first-order chi connectivity index (χ1) is 8.47. The smallest absolute Gasteiger partial charge is 0.243 e. The van der Waals surface area contributed by atoms with E-state index < -0.39 is 0 Å². The fourth-order valence-electron chi connectivity index (χ4n) is 2.57. The van der Waals surface area contributed by atoms with Crippen LogP contribution in [0.15, 0.2) is 4.52 Å². The molecule has 1 aliphatic carbocycles. The maximum absolute atomic E-state index is 6.19. The molecule has 1 aromatic heterocycles. The number of hydrogen-bond donors (Lipinski definition) is 1. The van der Waals surface area contributed by atoms with Gasteiger partial charge in [0.25, 0.3) is 0 Å². The third-order valence-electron chi connectivity index (χ3n) is 3.74. The van der Waals surface area contributed by atoms with Crippen molar-refractivity contribution < 1.29 is 4.52 Å². The van der Waals surface area contributed by atoms with Gasteiger partial charge in [-0.1, -0.05) is 58.0 Å². The van der Waals surface area contributed by atoms with Crippen LogP contribution in [0.1, 0.15) is 77.1 Å². The van der Waals surface area contributed by atoms with Crippen molar-refractivity contribution >= 4 is 0 Å². The molecule has 1 saturated carbocycles. The highest BCUT2D eigenvalue weighted by molar-refractivity contribution is 5.02. The third kappa shape index (κ3) is 3.31. The third-order valence-corrected chi connectivity index (χ3v) is 3.74. The van der Waals surface area contributed by atoms with Crippen LogP contribution in [-0.4, -0.2) is 10.1 Å². The minimum absolute atomic E-state index is 0.0771. The molecule has 1 aliphatic rings. The van der Waals surface area contributed by atoms with Gasteiger partial charge in [0, 0.05) is 5.41 Å². The minimum atomic E-state index is -0.100. The molecule has 0 amide bonds. The van der Waals surface area contributed by atoms with E-state index in [0.717, 1.165) is 18.2 Å². The fraction of sp³-hybridized carbons (Fsp3) is 0.857. The van der Waals surface area contributed by atoms with Crippen molar-refractivity contribution in [2.45, 2.75) is 70.8 Å². The highest BCUT2D eigenvalue weighted by Crippen LogP contribution is 2.31. The molecule has 0 radical (unpaired) electrons. The van der Waals surface area contributed by atoms with Gasteiger partial charge in [0.2, 0.25) is 5.89 Å². The van der Waals surface area contributed by atoms with Crippen LogP contribution < -0.4 is 5.73 Å². The van der Waals surface area contributed by atoms with Gasteiger partial charge in [-0.3, -0.25) is 0 Å². The second-order valence-corrected chi connectivity index (χ2v) is 6.55. The molecular weight excluding hydrogens is 226 g/mol. The topological polar surface area (TPSA) is 64.9 Å². The monoisotopic (exact) mass is 251 g/mol. The second kappa shape index (κ2) is 5.39. The van der Waals surface area contributed by atoms with Crippen LogP contribution in [0, 0.1) is 5.92 Å². The molecule has 4 nitrogen and oxygen atoms in total. The summed E-state index contributed by atoms with van der Waals surface area (Å²) in [6.07, 6.45) is 7.64. The Hall–Kier alpha value is -0.900. The lowest BCUT2D eigenvalue weighted by atomic mass is 9.85. The first-order valence-corrected chi connectivity index (χ1v) is 7.06. The van der Waals surface area contributed by atoms with Gasteiger partial charge < -0.3 is 10.3 Å². The predicted molar refractivity (Wildman–Crippen MR) is 71.1 cm³/mol. The number of hydrogen-bond acceptors (Lipinski definition) is 4. The van der Waals surface area contributed by atoms with E-state index >= 15 is 0 Å². The van der Waals surface area contributed by atoms with Crippen LogP contribution in [0.3, 0.4) is 0 Å². The Bertz CT molecular complexity index is 375. The molecule has 2 N–H and O–H groups in total. The highest BCUT2D eigenvalue weighted by atomic mass is 16.5. The zero-order valence-electron chi connectivity index (χ0n) is 11.8. The molecule has 0 unspecified atom stereocenters. The lowest BCUT2D eigenvalue weighted by Crippen LogP contribution is -2.18. The minimum Gasteiger partial charge on any atom is -0.338 e. The summed E-state index contributed by atoms with van der Waals surface area (Å²) in [6, 6.07) is -0.100. The Kier molecular flexibility index (Phi) is 4.05. The molecule has 1 heterocycles. The van der Waals surface area contributed by atoms with Crippen molar-refractivity contribution in [3.8, 4) is 0 Å². The fourth-order valence-corrected chi connectivity index (χ4v) is 2.57. The number of nitrogens with two attached hydrogens (primary N) is 1. The Morgan fingerprint density at radius 1 is 1.28 bits per heavy atom. The molecule has 1 fully saturated rings. The Balaban J connectivity index is 1.96. The first-order valence-electron chi connectivity index (χ1n) is 7.06. The molecule has 0 saturated heterocycles. The van der Waals surface area contributed by atoms with Gasteiger partial charge in [-0.05, 0) is 12.3 Å². The maximum atomic E-state index is 6.19. The molecule has 1 atom stereocenters. The molecule has 0 bridgehead atoms. The van der Waals surface area contributed by atoms with Gasteiger partial charge >= 0.3 is 0 Å². The molecule has 0 aliphatic heterocycles. The molecule has 4 heteroatoms. The molecule has 1 aromatic rings. The summed E-state index contributed by atoms with van der Waals surface area (Å²) in [7, 11) is 0. The van der Waals surface area contributed by atoms with Gasteiger partial charge in [-0.25, -0.2) is 0 Å². The molecule has 18 heavy (non-hydrogen) atoms. The average Bonchev–Trinajstić information content (AvgIpc) is 2.79. The van der Waals surface area contributed by atoms with E-state index in [1.807, 2.05) is 0 Å². The standard InChI is InChI=1S/C14H25N3O/c1-14(2,3)13-16-12(18-17-13)11(15)9-10-7-5-4-6-8-10/h10-11H,4-9,15H2,1-3H3/t11-/m1/s1. The molecule has 2 rings (SSSR count). The number of aromatic nitrogens is 2. The zero-order valence-corrected chi connectivity index (χ0v) is 11.8. The highest BCUT2D eigenvalue weighted by Gasteiger charge is 2.25. The van der Waals surface area contributed by atoms with E-state index in [-0.39, 0.29) is 11.5 Å². The maximum Gasteiger partial charge on any atom is 0.243 e. The van der Waals surface area contributed by atoms with E-state index in [9.17, 15) is 0 Å². The Morgan fingerprint density at radius 3 is 2.50 bits per heavy atom. The zero-order chi connectivity index (χ0) is 13.2. The second-order valence-electron chi connectivity index (χ2n) is 6.55. The average molecular weight is 251 g/mol. The van der Waals surface area contributed by atoms with E-state index in [2.05, 4.69) is 30.9 Å². The van der Waals surface area contributed by atoms with E-state index in [0.29, 0.717) is 5.89 Å². The van der Waals surface area contributed by atoms with Crippen molar-refractivity contribution in [2.75, 3.05) is 0 Å². The van der Waals surface area contributed by atoms with Gasteiger partial charge in [0.1, 0.15) is 0 Å². The van der Waals surface area contributed by atoms with Crippen LogP contribution >= 0.6 is 0 Å². The van der Waals surface area contributed by atoms with Gasteiger partial charge in [-0.15, -0.1) is 0 Å². The first kappa shape index (κ1) is 13.5. The van der Waals surface area contributed by atoms with Crippen molar-refractivity contribution in [3.63, 3.8) is 0 Å². The summed E-state index contributed by atoms with van der Waals surface area (Å²) in [5.74, 6) is 2.08. The van der Waals surface area contributed by atoms with Crippen molar-refractivity contribution in [3.05, 3.63) is 11.7 Å². The Labute approximate surface area is 109 Å². The van der Waals surface area contributed by atoms with E-state index in [4.69, 9.17) is 10.3 Å². The Morgan fingerprint density at radius 2 is 1.94 bits per heavy atom. The normalized spacial score (nSPS) is 20.0. The molecule has 0 spiro atoms. The number of nitrogens with zero attached hydrogens (tertiary/aromatic N) is 2.